The summed E-state index contributed by atoms with van der Waals surface area (Å²) in [5, 5.41) is -0.463. The number of alkyl halides is 1. The Hall–Kier alpha value is -0.340. The third-order valence-corrected chi connectivity index (χ3v) is 2.87. The maximum atomic E-state index is 11.5. The van der Waals surface area contributed by atoms with E-state index in [9.17, 15) is 4.79 Å². The van der Waals surface area contributed by atoms with Crippen molar-refractivity contribution in [1.82, 2.24) is 0 Å². The summed E-state index contributed by atoms with van der Waals surface area (Å²) in [6, 6.07) is 5.49. The van der Waals surface area contributed by atoms with E-state index in [1.807, 2.05) is 13.0 Å². The highest BCUT2D eigenvalue weighted by atomic mass is 79.9. The van der Waals surface area contributed by atoms with Crippen molar-refractivity contribution < 1.29 is 4.79 Å². The van der Waals surface area contributed by atoms with Gasteiger partial charge in [0, 0.05) is 10.0 Å². The molecule has 13 heavy (non-hydrogen) atoms. The van der Waals surface area contributed by atoms with Crippen molar-refractivity contribution in [3.05, 3.63) is 33.8 Å². The zero-order valence-electron chi connectivity index (χ0n) is 7.47. The molecule has 0 N–H and O–H groups in total. The first-order chi connectivity index (χ1) is 6.02. The molecule has 3 heteroatoms. The van der Waals surface area contributed by atoms with Crippen LogP contribution in [0, 0.1) is 6.92 Å². The molecule has 1 nitrogen and oxygen atoms in total. The van der Waals surface area contributed by atoms with Crippen LogP contribution in [0.25, 0.3) is 0 Å². The quantitative estimate of drug-likeness (QED) is 0.587. The van der Waals surface area contributed by atoms with Gasteiger partial charge in [0.25, 0.3) is 0 Å². The fourth-order valence-corrected chi connectivity index (χ4v) is 1.48. The molecule has 0 aliphatic heterocycles. The highest BCUT2D eigenvalue weighted by Crippen LogP contribution is 2.19. The van der Waals surface area contributed by atoms with Crippen LogP contribution in [0.2, 0.25) is 0 Å². The summed E-state index contributed by atoms with van der Waals surface area (Å²) in [5.74, 6) is -0.0395. The molecule has 0 fully saturated rings. The minimum atomic E-state index is -0.463. The number of aryl methyl sites for hydroxylation is 1. The Balaban J connectivity index is 3.04. The third kappa shape index (κ3) is 2.55. The summed E-state index contributed by atoms with van der Waals surface area (Å²) in [6.07, 6.45) is 0. The van der Waals surface area contributed by atoms with Crippen molar-refractivity contribution in [2.45, 2.75) is 19.2 Å². The molecular weight excluding hydrogens is 251 g/mol. The average Bonchev–Trinajstić information content (AvgIpc) is 2.08. The van der Waals surface area contributed by atoms with E-state index in [0.29, 0.717) is 5.56 Å². The molecule has 0 aromatic heterocycles. The Bertz CT molecular complexity index is 334. The van der Waals surface area contributed by atoms with Crippen molar-refractivity contribution in [3.8, 4) is 0 Å². The molecule has 1 rings (SSSR count). The van der Waals surface area contributed by atoms with Gasteiger partial charge in [-0.25, -0.2) is 0 Å². The zero-order valence-corrected chi connectivity index (χ0v) is 9.82. The fraction of sp³-hybridized carbons (Fsp3) is 0.300. The molecule has 0 saturated heterocycles. The van der Waals surface area contributed by atoms with Crippen LogP contribution >= 0.6 is 27.5 Å². The molecule has 0 bridgehead atoms. The van der Waals surface area contributed by atoms with E-state index < -0.39 is 5.38 Å². The van der Waals surface area contributed by atoms with Crippen molar-refractivity contribution in [1.29, 1.82) is 0 Å². The third-order valence-electron chi connectivity index (χ3n) is 1.82. The van der Waals surface area contributed by atoms with E-state index in [4.69, 9.17) is 11.6 Å². The van der Waals surface area contributed by atoms with Gasteiger partial charge in [0.2, 0.25) is 0 Å². The summed E-state index contributed by atoms with van der Waals surface area (Å²) >= 11 is 9.06. The van der Waals surface area contributed by atoms with Gasteiger partial charge in [0.15, 0.2) is 5.78 Å². The maximum absolute atomic E-state index is 11.5. The largest absolute Gasteiger partial charge is 0.293 e. The van der Waals surface area contributed by atoms with Crippen molar-refractivity contribution in [3.63, 3.8) is 0 Å². The van der Waals surface area contributed by atoms with E-state index >= 15 is 0 Å². The van der Waals surface area contributed by atoms with Crippen LogP contribution in [-0.2, 0) is 0 Å². The first kappa shape index (κ1) is 10.7. The van der Waals surface area contributed by atoms with Crippen LogP contribution < -0.4 is 0 Å². The van der Waals surface area contributed by atoms with E-state index in [0.717, 1.165) is 10.0 Å². The number of hydrogen-bond donors (Lipinski definition) is 0. The van der Waals surface area contributed by atoms with Crippen molar-refractivity contribution in [2.24, 2.45) is 0 Å². The molecule has 0 heterocycles. The number of carbonyl (C=O) groups is 1. The number of rotatable bonds is 2. The van der Waals surface area contributed by atoms with Gasteiger partial charge < -0.3 is 0 Å². The second kappa shape index (κ2) is 4.25. The molecule has 1 unspecified atom stereocenters. The summed E-state index contributed by atoms with van der Waals surface area (Å²) in [5.41, 5.74) is 1.76. The average molecular weight is 262 g/mol. The van der Waals surface area contributed by atoms with E-state index in [2.05, 4.69) is 15.9 Å². The molecule has 0 aliphatic rings. The highest BCUT2D eigenvalue weighted by Gasteiger charge is 2.12. The van der Waals surface area contributed by atoms with Gasteiger partial charge >= 0.3 is 0 Å². The van der Waals surface area contributed by atoms with Crippen LogP contribution in [0.3, 0.4) is 0 Å². The standard InChI is InChI=1S/C10H10BrClO/c1-6-3-4-8(5-9(6)11)10(13)7(2)12/h3-5,7H,1-2H3. The van der Waals surface area contributed by atoms with Gasteiger partial charge in [-0.15, -0.1) is 11.6 Å². The predicted octanol–water partition coefficient (Wildman–Crippen LogP) is 3.57. The molecule has 1 atom stereocenters. The lowest BCUT2D eigenvalue weighted by molar-refractivity contribution is 0.0991. The van der Waals surface area contributed by atoms with Crippen LogP contribution in [0.4, 0.5) is 0 Å². The first-order valence-corrected chi connectivity index (χ1v) is 5.19. The molecule has 0 amide bonds. The number of Topliss-reactive ketones (excluding diaryl/α,β-unsaturated/α-hetero) is 1. The number of hydrogen-bond acceptors (Lipinski definition) is 1. The number of ketones is 1. The molecule has 1 aromatic carbocycles. The molecule has 1 aromatic rings. The van der Waals surface area contributed by atoms with Gasteiger partial charge in [-0.1, -0.05) is 28.1 Å². The summed E-state index contributed by atoms with van der Waals surface area (Å²) in [4.78, 5) is 11.5. The number of carbonyl (C=O) groups excluding carboxylic acids is 1. The molecule has 0 saturated carbocycles. The van der Waals surface area contributed by atoms with Gasteiger partial charge in [-0.2, -0.15) is 0 Å². The lowest BCUT2D eigenvalue weighted by atomic mass is 10.1. The normalized spacial score (nSPS) is 12.6. The fourth-order valence-electron chi connectivity index (χ4n) is 0.976. The highest BCUT2D eigenvalue weighted by molar-refractivity contribution is 9.10. The molecule has 70 valence electrons. The van der Waals surface area contributed by atoms with E-state index in [1.165, 1.54) is 0 Å². The van der Waals surface area contributed by atoms with Crippen molar-refractivity contribution in [2.75, 3.05) is 0 Å². The number of halogens is 2. The Morgan fingerprint density at radius 2 is 2.15 bits per heavy atom. The molecular formula is C10H10BrClO. The Morgan fingerprint density at radius 3 is 2.62 bits per heavy atom. The van der Waals surface area contributed by atoms with Gasteiger partial charge in [0.1, 0.15) is 0 Å². The van der Waals surface area contributed by atoms with Crippen molar-refractivity contribution >= 4 is 33.3 Å². The second-order valence-electron chi connectivity index (χ2n) is 2.94. The lowest BCUT2D eigenvalue weighted by Gasteiger charge is -2.04. The van der Waals surface area contributed by atoms with Crippen LogP contribution in [0.5, 0.6) is 0 Å². The molecule has 0 radical (unpaired) electrons. The van der Waals surface area contributed by atoms with Crippen LogP contribution in [0.1, 0.15) is 22.8 Å². The summed E-state index contributed by atoms with van der Waals surface area (Å²) in [6.45, 7) is 3.65. The van der Waals surface area contributed by atoms with Gasteiger partial charge in [0.05, 0.1) is 5.38 Å². The monoisotopic (exact) mass is 260 g/mol. The van der Waals surface area contributed by atoms with Gasteiger partial charge in [-0.3, -0.25) is 4.79 Å². The second-order valence-corrected chi connectivity index (χ2v) is 4.45. The van der Waals surface area contributed by atoms with E-state index in [1.54, 1.807) is 19.1 Å². The van der Waals surface area contributed by atoms with Crippen LogP contribution in [0.15, 0.2) is 22.7 Å². The zero-order chi connectivity index (χ0) is 10.0. The van der Waals surface area contributed by atoms with E-state index in [-0.39, 0.29) is 5.78 Å². The Kier molecular flexibility index (Phi) is 3.51. The molecule has 0 aliphatic carbocycles. The Morgan fingerprint density at radius 1 is 1.54 bits per heavy atom. The summed E-state index contributed by atoms with van der Waals surface area (Å²) < 4.78 is 0.940. The topological polar surface area (TPSA) is 17.1 Å². The number of benzene rings is 1. The SMILES string of the molecule is Cc1ccc(C(=O)C(C)Cl)cc1Br. The maximum Gasteiger partial charge on any atom is 0.180 e. The first-order valence-electron chi connectivity index (χ1n) is 3.97. The molecule has 0 spiro atoms. The summed E-state index contributed by atoms with van der Waals surface area (Å²) in [7, 11) is 0. The predicted molar refractivity (Wildman–Crippen MR) is 58.5 cm³/mol. The smallest absolute Gasteiger partial charge is 0.180 e. The van der Waals surface area contributed by atoms with Gasteiger partial charge in [-0.05, 0) is 25.5 Å². The van der Waals surface area contributed by atoms with Crippen LogP contribution in [-0.4, -0.2) is 11.2 Å². The Labute approximate surface area is 91.2 Å². The minimum Gasteiger partial charge on any atom is -0.293 e. The minimum absolute atomic E-state index is 0.0395. The lowest BCUT2D eigenvalue weighted by Crippen LogP contribution is -2.10.